The van der Waals surface area contributed by atoms with Crippen molar-refractivity contribution in [2.45, 2.75) is 27.7 Å². The van der Waals surface area contributed by atoms with Crippen molar-refractivity contribution in [2.24, 2.45) is 0 Å². The highest BCUT2D eigenvalue weighted by molar-refractivity contribution is 7.10. The molecular weight excluding hydrogens is 1390 g/mol. The summed E-state index contributed by atoms with van der Waals surface area (Å²) in [5, 5.41) is 15.0. The molecule has 528 valence electrons. The van der Waals surface area contributed by atoms with Crippen LogP contribution in [0, 0.1) is 27.7 Å². The van der Waals surface area contributed by atoms with E-state index >= 15 is 0 Å². The van der Waals surface area contributed by atoms with Crippen molar-refractivity contribution in [1.29, 1.82) is 0 Å². The smallest absolute Gasteiger partial charge is 0.0534 e. The van der Waals surface area contributed by atoms with Crippen LogP contribution in [0.2, 0.25) is 0 Å². The summed E-state index contributed by atoms with van der Waals surface area (Å²) in [5.41, 5.74) is 27.4. The Morgan fingerprint density at radius 2 is 0.537 bits per heavy atom. The third-order valence-electron chi connectivity index (χ3n) is 17.9. The van der Waals surface area contributed by atoms with E-state index in [9.17, 15) is 0 Å². The molecule has 0 N–H and O–H groups in total. The second kappa shape index (κ2) is 38.0. The third kappa shape index (κ3) is 19.9. The minimum absolute atomic E-state index is 1.15. The van der Waals surface area contributed by atoms with Gasteiger partial charge >= 0.3 is 0 Å². The first-order valence-electron chi connectivity index (χ1n) is 36.1. The van der Waals surface area contributed by atoms with E-state index in [1.165, 1.54) is 88.8 Å². The van der Waals surface area contributed by atoms with E-state index in [0.717, 1.165) is 45.5 Å². The Morgan fingerprint density at radius 3 is 0.944 bits per heavy atom. The molecule has 0 spiro atoms. The number of hydrogen-bond acceptors (Lipinski definition) is 8. The number of anilines is 12. The number of rotatable bonds is 20. The molecule has 0 aliphatic heterocycles. The van der Waals surface area contributed by atoms with Crippen LogP contribution >= 0.6 is 45.3 Å². The third-order valence-corrected chi connectivity index (χ3v) is 20.9. The molecule has 8 heteroatoms. The van der Waals surface area contributed by atoms with Crippen LogP contribution in [0.4, 0.5) is 68.2 Å². The molecule has 16 rings (SSSR count). The molecule has 0 bridgehead atoms. The average Bonchev–Trinajstić information content (AvgIpc) is 1.03. The van der Waals surface area contributed by atoms with Crippen LogP contribution in [0.5, 0.6) is 0 Å². The average molecular weight is 1470 g/mol. The predicted molar refractivity (Wildman–Crippen MR) is 476 cm³/mol. The van der Waals surface area contributed by atoms with Gasteiger partial charge < -0.3 is 19.6 Å². The molecule has 0 radical (unpaired) electrons. The lowest BCUT2D eigenvalue weighted by Crippen LogP contribution is -2.12. The van der Waals surface area contributed by atoms with Crippen molar-refractivity contribution in [3.63, 3.8) is 0 Å². The predicted octanol–water partition coefficient (Wildman–Crippen LogP) is 30.8. The van der Waals surface area contributed by atoms with E-state index in [0.29, 0.717) is 0 Å². The molecule has 0 aliphatic rings. The highest BCUT2D eigenvalue weighted by atomic mass is 32.1. The second-order valence-electron chi connectivity index (χ2n) is 25.7. The Bertz CT molecular complexity index is 5420. The van der Waals surface area contributed by atoms with Gasteiger partial charge in [0.15, 0.2) is 0 Å². The minimum Gasteiger partial charge on any atom is -0.310 e. The van der Waals surface area contributed by atoms with Crippen LogP contribution in [0.3, 0.4) is 0 Å². The van der Waals surface area contributed by atoms with Crippen molar-refractivity contribution < 1.29 is 0 Å². The standard InChI is InChI=1S/4C25H21NS/c1-20-18-21(19-27-20)16-17-22-10-8-9-15-25(22)26(23-11-4-2-5-12-23)24-13-6-3-7-14-24;1-20-12-15-25(22(18-20)14-13-21-16-17-27-19-21)26(23-8-4-2-5-9-23)24-10-6-3-7-11-24;1-20-9-5-7-13-24(20)26(23-11-3-2-4-12-23)25-14-8-6-10-22(25)16-15-21-17-18-27-19-21;1-20-8-5-6-13-25(20)26(23-10-3-2-4-11-23)24-12-7-9-21(18-24)14-15-22-16-17-27-19-22/h4*2-19H,1H3/b17-16+;14-13+;16-15+;15-14+. The molecule has 12 aromatic carbocycles. The fourth-order valence-corrected chi connectivity index (χ4v) is 15.2. The SMILES string of the molecule is Cc1cc(/C=C/c2ccccc2N(c2ccccc2)c2ccccc2)cs1.Cc1ccc(N(c2ccccc2)c2ccccc2)c(/C=C/c2ccsc2)c1.Cc1ccccc1N(c1ccccc1)c1cccc(/C=C/c2ccsc2)c1.Cc1ccccc1N(c1ccccc1)c1ccccc1/C=C/c1ccsc1. The molecule has 0 saturated heterocycles. The topological polar surface area (TPSA) is 13.0 Å². The van der Waals surface area contributed by atoms with Gasteiger partial charge in [0.05, 0.1) is 17.1 Å². The number of aryl methyl sites for hydroxylation is 4. The van der Waals surface area contributed by atoms with Gasteiger partial charge in [0, 0.05) is 56.1 Å². The van der Waals surface area contributed by atoms with Gasteiger partial charge in [0.2, 0.25) is 0 Å². The molecule has 0 atom stereocenters. The summed E-state index contributed by atoms with van der Waals surface area (Å²) in [6.45, 7) is 8.60. The lowest BCUT2D eigenvalue weighted by Gasteiger charge is -2.28. The molecule has 0 aliphatic carbocycles. The molecule has 108 heavy (non-hydrogen) atoms. The zero-order valence-corrected chi connectivity index (χ0v) is 64.3. The molecular formula is C100H84N4S4. The van der Waals surface area contributed by atoms with Crippen LogP contribution in [-0.2, 0) is 0 Å². The zero-order valence-electron chi connectivity index (χ0n) is 61.0. The van der Waals surface area contributed by atoms with Gasteiger partial charge in [-0.2, -0.15) is 34.0 Å². The molecule has 16 aromatic rings. The van der Waals surface area contributed by atoms with E-state index in [2.05, 4.69) is 479 Å². The van der Waals surface area contributed by atoms with Gasteiger partial charge in [-0.25, -0.2) is 0 Å². The maximum atomic E-state index is 2.34. The highest BCUT2D eigenvalue weighted by Crippen LogP contribution is 2.42. The largest absolute Gasteiger partial charge is 0.310 e. The van der Waals surface area contributed by atoms with Gasteiger partial charge in [0.25, 0.3) is 0 Å². The molecule has 4 aromatic heterocycles. The number of para-hydroxylation sites is 10. The fourth-order valence-electron chi connectivity index (χ4n) is 12.6. The highest BCUT2D eigenvalue weighted by Gasteiger charge is 2.20. The van der Waals surface area contributed by atoms with Crippen LogP contribution in [0.15, 0.2) is 383 Å². The minimum atomic E-state index is 1.15. The van der Waals surface area contributed by atoms with Gasteiger partial charge in [-0.1, -0.05) is 254 Å². The van der Waals surface area contributed by atoms with Crippen LogP contribution < -0.4 is 19.6 Å². The van der Waals surface area contributed by atoms with Crippen molar-refractivity contribution in [1.82, 2.24) is 0 Å². The first-order valence-corrected chi connectivity index (χ1v) is 39.8. The Morgan fingerprint density at radius 1 is 0.213 bits per heavy atom. The lowest BCUT2D eigenvalue weighted by molar-refractivity contribution is 1.25. The van der Waals surface area contributed by atoms with Crippen LogP contribution in [0.25, 0.3) is 48.6 Å². The number of benzene rings is 12. The van der Waals surface area contributed by atoms with Crippen molar-refractivity contribution in [3.05, 3.63) is 450 Å². The monoisotopic (exact) mass is 1470 g/mol. The molecule has 4 nitrogen and oxygen atoms in total. The van der Waals surface area contributed by atoms with E-state index in [1.54, 1.807) is 45.3 Å². The second-order valence-corrected chi connectivity index (χ2v) is 29.2. The maximum Gasteiger partial charge on any atom is 0.0534 e. The van der Waals surface area contributed by atoms with Gasteiger partial charge in [-0.3, -0.25) is 0 Å². The summed E-state index contributed by atoms with van der Waals surface area (Å²) >= 11 is 6.94. The van der Waals surface area contributed by atoms with E-state index in [4.69, 9.17) is 0 Å². The summed E-state index contributed by atoms with van der Waals surface area (Å²) in [6, 6.07) is 121. The molecule has 0 amide bonds. The fraction of sp³-hybridized carbons (Fsp3) is 0.0400. The molecule has 4 heterocycles. The van der Waals surface area contributed by atoms with Crippen LogP contribution in [0.1, 0.15) is 66.1 Å². The number of thiophene rings is 4. The quantitative estimate of drug-likeness (QED) is 0.0754. The lowest BCUT2D eigenvalue weighted by atomic mass is 10.1. The number of nitrogens with zero attached hydrogens (tertiary/aromatic N) is 4. The normalized spacial score (nSPS) is 11.0. The van der Waals surface area contributed by atoms with Crippen LogP contribution in [-0.4, -0.2) is 0 Å². The van der Waals surface area contributed by atoms with E-state index in [-0.39, 0.29) is 0 Å². The Kier molecular flexibility index (Phi) is 26.0. The van der Waals surface area contributed by atoms with Crippen molar-refractivity contribution in [3.8, 4) is 0 Å². The summed E-state index contributed by atoms with van der Waals surface area (Å²) < 4.78 is 0. The summed E-state index contributed by atoms with van der Waals surface area (Å²) in [4.78, 5) is 10.6. The molecule has 0 unspecified atom stereocenters. The van der Waals surface area contributed by atoms with E-state index in [1.807, 2.05) is 0 Å². The summed E-state index contributed by atoms with van der Waals surface area (Å²) in [5.74, 6) is 0. The molecule has 0 saturated carbocycles. The summed E-state index contributed by atoms with van der Waals surface area (Å²) in [6.07, 6.45) is 17.5. The number of hydrogen-bond donors (Lipinski definition) is 0. The Balaban J connectivity index is 0.000000127. The first-order chi connectivity index (χ1) is 53.3. The zero-order chi connectivity index (χ0) is 73.9. The Hall–Kier alpha value is -12.4. The van der Waals surface area contributed by atoms with Gasteiger partial charge in [-0.05, 0) is 267 Å². The Labute approximate surface area is 654 Å². The first kappa shape index (κ1) is 73.9. The van der Waals surface area contributed by atoms with Gasteiger partial charge in [0.1, 0.15) is 0 Å². The van der Waals surface area contributed by atoms with E-state index < -0.39 is 0 Å². The maximum absolute atomic E-state index is 2.34. The van der Waals surface area contributed by atoms with Crippen molar-refractivity contribution in [2.75, 3.05) is 19.6 Å². The molecule has 0 fully saturated rings. The van der Waals surface area contributed by atoms with Crippen molar-refractivity contribution >= 4 is 162 Å². The van der Waals surface area contributed by atoms with Gasteiger partial charge in [-0.15, -0.1) is 11.3 Å². The summed E-state index contributed by atoms with van der Waals surface area (Å²) in [7, 11) is 0.